The van der Waals surface area contributed by atoms with E-state index in [0.29, 0.717) is 11.6 Å². The molecule has 0 saturated carbocycles. The van der Waals surface area contributed by atoms with Crippen LogP contribution in [0.25, 0.3) is 0 Å². The van der Waals surface area contributed by atoms with Gasteiger partial charge >= 0.3 is 0 Å². The summed E-state index contributed by atoms with van der Waals surface area (Å²) in [5.41, 5.74) is -0.233. The number of hydrogen-bond acceptors (Lipinski definition) is 5. The zero-order chi connectivity index (χ0) is 15.3. The molecule has 1 N–H and O–H groups in total. The highest BCUT2D eigenvalue weighted by Crippen LogP contribution is 2.30. The van der Waals surface area contributed by atoms with E-state index in [0.717, 1.165) is 18.9 Å². The van der Waals surface area contributed by atoms with Gasteiger partial charge in [-0.1, -0.05) is 20.3 Å². The zero-order valence-electron chi connectivity index (χ0n) is 11.8. The van der Waals surface area contributed by atoms with Crippen LogP contribution in [0.2, 0.25) is 0 Å². The van der Waals surface area contributed by atoms with E-state index in [1.807, 2.05) is 6.92 Å². The fourth-order valence-corrected chi connectivity index (χ4v) is 2.00. The van der Waals surface area contributed by atoms with Crippen molar-refractivity contribution < 1.29 is 9.85 Å². The highest BCUT2D eigenvalue weighted by molar-refractivity contribution is 5.65. The molecular formula is C13H19N3O4. The molecule has 0 aliphatic heterocycles. The van der Waals surface area contributed by atoms with Crippen LogP contribution >= 0.6 is 0 Å². The van der Waals surface area contributed by atoms with Crippen LogP contribution in [0.4, 0.5) is 17.1 Å². The molecule has 0 saturated heterocycles. The van der Waals surface area contributed by atoms with Crippen molar-refractivity contribution in [2.75, 3.05) is 5.32 Å². The SMILES string of the molecule is CCC(C)CC(C)Nc1ccc([N+](=O)[O-])cc1[N+](=O)[O-]. The number of nitrogens with zero attached hydrogens (tertiary/aromatic N) is 2. The Morgan fingerprint density at radius 3 is 2.35 bits per heavy atom. The summed E-state index contributed by atoms with van der Waals surface area (Å²) in [5, 5.41) is 24.7. The maximum absolute atomic E-state index is 11.0. The molecule has 2 atom stereocenters. The minimum atomic E-state index is -0.640. The van der Waals surface area contributed by atoms with Crippen LogP contribution in [0.1, 0.15) is 33.6 Å². The van der Waals surface area contributed by atoms with Gasteiger partial charge in [0, 0.05) is 12.1 Å². The van der Waals surface area contributed by atoms with E-state index in [-0.39, 0.29) is 17.4 Å². The molecule has 0 bridgehead atoms. The molecule has 0 aliphatic carbocycles. The average molecular weight is 281 g/mol. The molecular weight excluding hydrogens is 262 g/mol. The van der Waals surface area contributed by atoms with Crippen molar-refractivity contribution in [3.05, 3.63) is 38.4 Å². The van der Waals surface area contributed by atoms with Crippen LogP contribution in [0.15, 0.2) is 18.2 Å². The van der Waals surface area contributed by atoms with E-state index in [4.69, 9.17) is 0 Å². The summed E-state index contributed by atoms with van der Waals surface area (Å²) in [6.07, 6.45) is 1.92. The summed E-state index contributed by atoms with van der Waals surface area (Å²) in [4.78, 5) is 20.4. The fraction of sp³-hybridized carbons (Fsp3) is 0.538. The molecule has 110 valence electrons. The maximum Gasteiger partial charge on any atom is 0.299 e. The second-order valence-electron chi connectivity index (χ2n) is 5.01. The van der Waals surface area contributed by atoms with Gasteiger partial charge in [0.15, 0.2) is 0 Å². The normalized spacial score (nSPS) is 13.6. The van der Waals surface area contributed by atoms with Gasteiger partial charge < -0.3 is 5.32 Å². The number of non-ortho nitro benzene ring substituents is 1. The predicted octanol–water partition coefficient (Wildman–Crippen LogP) is 3.74. The Balaban J connectivity index is 2.94. The van der Waals surface area contributed by atoms with E-state index in [9.17, 15) is 20.2 Å². The monoisotopic (exact) mass is 281 g/mol. The lowest BCUT2D eigenvalue weighted by Gasteiger charge is -2.18. The van der Waals surface area contributed by atoms with Crippen molar-refractivity contribution in [2.24, 2.45) is 5.92 Å². The van der Waals surface area contributed by atoms with E-state index in [1.54, 1.807) is 0 Å². The summed E-state index contributed by atoms with van der Waals surface area (Å²) < 4.78 is 0. The van der Waals surface area contributed by atoms with Gasteiger partial charge in [-0.15, -0.1) is 0 Å². The highest BCUT2D eigenvalue weighted by Gasteiger charge is 2.20. The predicted molar refractivity (Wildman–Crippen MR) is 76.9 cm³/mol. The molecule has 7 heteroatoms. The van der Waals surface area contributed by atoms with Gasteiger partial charge in [-0.05, 0) is 25.3 Å². The average Bonchev–Trinajstić information content (AvgIpc) is 2.38. The Bertz CT molecular complexity index is 504. The van der Waals surface area contributed by atoms with Crippen molar-refractivity contribution in [3.8, 4) is 0 Å². The Kier molecular flexibility index (Phi) is 5.42. The first-order valence-corrected chi connectivity index (χ1v) is 6.54. The third-order valence-electron chi connectivity index (χ3n) is 3.24. The molecule has 0 heterocycles. The molecule has 0 spiro atoms. The lowest BCUT2D eigenvalue weighted by Crippen LogP contribution is -2.19. The van der Waals surface area contributed by atoms with Crippen molar-refractivity contribution in [2.45, 2.75) is 39.7 Å². The quantitative estimate of drug-likeness (QED) is 0.606. The summed E-state index contributed by atoms with van der Waals surface area (Å²) in [6, 6.07) is 3.71. The van der Waals surface area contributed by atoms with Crippen LogP contribution in [0.3, 0.4) is 0 Å². The molecule has 0 aromatic heterocycles. The van der Waals surface area contributed by atoms with E-state index < -0.39 is 9.85 Å². The van der Waals surface area contributed by atoms with Gasteiger partial charge in [0.2, 0.25) is 0 Å². The fourth-order valence-electron chi connectivity index (χ4n) is 2.00. The molecule has 0 amide bonds. The number of nitro groups is 2. The first kappa shape index (κ1) is 15.9. The second-order valence-corrected chi connectivity index (χ2v) is 5.01. The maximum atomic E-state index is 11.0. The molecule has 1 aromatic carbocycles. The zero-order valence-corrected chi connectivity index (χ0v) is 11.8. The molecule has 1 aromatic rings. The Morgan fingerprint density at radius 2 is 1.85 bits per heavy atom. The molecule has 20 heavy (non-hydrogen) atoms. The summed E-state index contributed by atoms with van der Waals surface area (Å²) >= 11 is 0. The molecule has 0 radical (unpaired) electrons. The van der Waals surface area contributed by atoms with Gasteiger partial charge in [-0.25, -0.2) is 0 Å². The number of nitrogens with one attached hydrogen (secondary N) is 1. The van der Waals surface area contributed by atoms with Crippen LogP contribution in [-0.4, -0.2) is 15.9 Å². The van der Waals surface area contributed by atoms with Crippen molar-refractivity contribution in [3.63, 3.8) is 0 Å². The third-order valence-corrected chi connectivity index (χ3v) is 3.24. The third kappa shape index (κ3) is 4.18. The van der Waals surface area contributed by atoms with E-state index in [2.05, 4.69) is 19.2 Å². The smallest absolute Gasteiger partial charge is 0.299 e. The molecule has 7 nitrogen and oxygen atoms in total. The van der Waals surface area contributed by atoms with Gasteiger partial charge in [-0.2, -0.15) is 0 Å². The van der Waals surface area contributed by atoms with Gasteiger partial charge in [0.25, 0.3) is 11.4 Å². The highest BCUT2D eigenvalue weighted by atomic mass is 16.6. The van der Waals surface area contributed by atoms with Crippen LogP contribution in [0, 0.1) is 26.1 Å². The van der Waals surface area contributed by atoms with Crippen molar-refractivity contribution in [1.82, 2.24) is 0 Å². The first-order chi connectivity index (χ1) is 9.35. The van der Waals surface area contributed by atoms with Crippen LogP contribution in [0.5, 0.6) is 0 Å². The largest absolute Gasteiger partial charge is 0.377 e. The van der Waals surface area contributed by atoms with Gasteiger partial charge in [0.1, 0.15) is 5.69 Å². The molecule has 1 rings (SSSR count). The Hall–Kier alpha value is -2.18. The summed E-state index contributed by atoms with van der Waals surface area (Å²) in [7, 11) is 0. The number of anilines is 1. The van der Waals surface area contributed by atoms with Gasteiger partial charge in [0.05, 0.1) is 15.9 Å². The van der Waals surface area contributed by atoms with Gasteiger partial charge in [-0.3, -0.25) is 20.2 Å². The van der Waals surface area contributed by atoms with Crippen molar-refractivity contribution >= 4 is 17.1 Å². The first-order valence-electron chi connectivity index (χ1n) is 6.54. The Morgan fingerprint density at radius 1 is 1.20 bits per heavy atom. The van der Waals surface area contributed by atoms with Crippen molar-refractivity contribution in [1.29, 1.82) is 0 Å². The number of nitro benzene ring substituents is 2. The lowest BCUT2D eigenvalue weighted by molar-refractivity contribution is -0.393. The minimum absolute atomic E-state index is 0.0603. The Labute approximate surface area is 117 Å². The number of rotatable bonds is 7. The van der Waals surface area contributed by atoms with Crippen LogP contribution < -0.4 is 5.32 Å². The standard InChI is InChI=1S/C13H19N3O4/c1-4-9(2)7-10(3)14-12-6-5-11(15(17)18)8-13(12)16(19)20/h5-6,8-10,14H,4,7H2,1-3H3. The minimum Gasteiger partial charge on any atom is -0.377 e. The summed E-state index contributed by atoms with van der Waals surface area (Å²) in [6.45, 7) is 6.14. The van der Waals surface area contributed by atoms with E-state index >= 15 is 0 Å². The lowest BCUT2D eigenvalue weighted by atomic mass is 10.00. The molecule has 0 aliphatic rings. The molecule has 0 fully saturated rings. The topological polar surface area (TPSA) is 98.3 Å². The number of hydrogen-bond donors (Lipinski definition) is 1. The summed E-state index contributed by atoms with van der Waals surface area (Å²) in [5.74, 6) is 0.509. The molecule has 2 unspecified atom stereocenters. The number of benzene rings is 1. The van der Waals surface area contributed by atoms with E-state index in [1.165, 1.54) is 12.1 Å². The second kappa shape index (κ2) is 6.83. The van der Waals surface area contributed by atoms with Crippen LogP contribution in [-0.2, 0) is 0 Å².